The molecule has 0 spiro atoms. The molecular weight excluding hydrogens is 167 g/mol. The van der Waals surface area contributed by atoms with Gasteiger partial charge in [-0.3, -0.25) is 0 Å². The van der Waals surface area contributed by atoms with Gasteiger partial charge in [-0.25, -0.2) is 0 Å². The van der Waals surface area contributed by atoms with Gasteiger partial charge in [-0.15, -0.1) is 0 Å². The first-order valence-corrected chi connectivity index (χ1v) is 3.74. The zero-order valence-corrected chi connectivity index (χ0v) is 7.50. The SMILES string of the molecule is CC(C)(C)c1oc(F)cc1Cl. The van der Waals surface area contributed by atoms with Gasteiger partial charge in [-0.2, -0.15) is 4.39 Å². The van der Waals surface area contributed by atoms with E-state index in [0.29, 0.717) is 10.8 Å². The highest BCUT2D eigenvalue weighted by Gasteiger charge is 2.22. The lowest BCUT2D eigenvalue weighted by molar-refractivity contribution is 0.303. The third-order valence-corrected chi connectivity index (χ3v) is 1.62. The molecule has 0 bridgehead atoms. The van der Waals surface area contributed by atoms with Gasteiger partial charge in [0.05, 0.1) is 5.02 Å². The molecule has 1 heterocycles. The maximum atomic E-state index is 12.5. The van der Waals surface area contributed by atoms with Crippen molar-refractivity contribution in [2.75, 3.05) is 0 Å². The predicted octanol–water partition coefficient (Wildman–Crippen LogP) is 3.37. The first kappa shape index (κ1) is 8.60. The lowest BCUT2D eigenvalue weighted by atomic mass is 9.93. The molecule has 0 fully saturated rings. The fraction of sp³-hybridized carbons (Fsp3) is 0.500. The molecular formula is C8H10ClFO. The Kier molecular flexibility index (Phi) is 1.97. The summed E-state index contributed by atoms with van der Waals surface area (Å²) in [4.78, 5) is 0. The molecule has 3 heteroatoms. The van der Waals surface area contributed by atoms with E-state index in [1.54, 1.807) is 0 Å². The van der Waals surface area contributed by atoms with Crippen molar-refractivity contribution in [3.8, 4) is 0 Å². The molecule has 0 aliphatic heterocycles. The van der Waals surface area contributed by atoms with Crippen molar-refractivity contribution in [1.29, 1.82) is 0 Å². The molecule has 0 saturated heterocycles. The van der Waals surface area contributed by atoms with E-state index in [2.05, 4.69) is 0 Å². The Hall–Kier alpha value is -0.500. The largest absolute Gasteiger partial charge is 0.434 e. The Labute approximate surface area is 70.2 Å². The molecule has 1 aromatic heterocycles. The van der Waals surface area contributed by atoms with E-state index in [4.69, 9.17) is 16.0 Å². The molecule has 1 rings (SSSR count). The smallest absolute Gasteiger partial charge is 0.279 e. The van der Waals surface area contributed by atoms with Crippen molar-refractivity contribution >= 4 is 11.6 Å². The molecule has 0 radical (unpaired) electrons. The lowest BCUT2D eigenvalue weighted by Crippen LogP contribution is -2.09. The van der Waals surface area contributed by atoms with Crippen molar-refractivity contribution in [2.24, 2.45) is 0 Å². The van der Waals surface area contributed by atoms with Crippen molar-refractivity contribution in [1.82, 2.24) is 0 Å². The number of furan rings is 1. The van der Waals surface area contributed by atoms with Gasteiger partial charge in [0.15, 0.2) is 0 Å². The number of rotatable bonds is 0. The summed E-state index contributed by atoms with van der Waals surface area (Å²) in [5.74, 6) is 0.497. The van der Waals surface area contributed by atoms with E-state index < -0.39 is 6.01 Å². The zero-order valence-electron chi connectivity index (χ0n) is 6.74. The van der Waals surface area contributed by atoms with Crippen LogP contribution in [0.25, 0.3) is 0 Å². The summed E-state index contributed by atoms with van der Waals surface area (Å²) < 4.78 is 17.2. The van der Waals surface area contributed by atoms with Gasteiger partial charge in [0, 0.05) is 11.5 Å². The molecule has 0 aliphatic rings. The Morgan fingerprint density at radius 2 is 2.00 bits per heavy atom. The average Bonchev–Trinajstić information content (AvgIpc) is 2.08. The Balaban J connectivity index is 3.13. The summed E-state index contributed by atoms with van der Waals surface area (Å²) in [5, 5.41) is 0.356. The van der Waals surface area contributed by atoms with Crippen LogP contribution in [0.1, 0.15) is 26.5 Å². The zero-order chi connectivity index (χ0) is 8.65. The van der Waals surface area contributed by atoms with Crippen molar-refractivity contribution < 1.29 is 8.81 Å². The molecule has 11 heavy (non-hydrogen) atoms. The third kappa shape index (κ3) is 1.74. The van der Waals surface area contributed by atoms with E-state index in [-0.39, 0.29) is 5.41 Å². The molecule has 0 amide bonds. The van der Waals surface area contributed by atoms with E-state index in [9.17, 15) is 4.39 Å². The third-order valence-electron chi connectivity index (χ3n) is 1.34. The summed E-state index contributed by atoms with van der Waals surface area (Å²) in [6, 6.07) is 0.558. The van der Waals surface area contributed by atoms with Gasteiger partial charge in [0.25, 0.3) is 6.01 Å². The van der Waals surface area contributed by atoms with Crippen LogP contribution < -0.4 is 0 Å². The van der Waals surface area contributed by atoms with Gasteiger partial charge < -0.3 is 4.42 Å². The second-order valence-electron chi connectivity index (χ2n) is 3.48. The van der Waals surface area contributed by atoms with E-state index >= 15 is 0 Å². The van der Waals surface area contributed by atoms with Crippen LogP contribution in [0, 0.1) is 6.01 Å². The number of halogens is 2. The highest BCUT2D eigenvalue weighted by atomic mass is 35.5. The van der Waals surface area contributed by atoms with Gasteiger partial charge in [-0.1, -0.05) is 32.4 Å². The average molecular weight is 177 g/mol. The Morgan fingerprint density at radius 3 is 2.18 bits per heavy atom. The maximum absolute atomic E-state index is 12.5. The minimum Gasteiger partial charge on any atom is -0.434 e. The fourth-order valence-corrected chi connectivity index (χ4v) is 1.26. The number of hydrogen-bond acceptors (Lipinski definition) is 1. The maximum Gasteiger partial charge on any atom is 0.279 e. The van der Waals surface area contributed by atoms with Gasteiger partial charge >= 0.3 is 0 Å². The fourth-order valence-electron chi connectivity index (χ4n) is 0.852. The monoisotopic (exact) mass is 176 g/mol. The molecule has 62 valence electrons. The molecule has 0 saturated carbocycles. The van der Waals surface area contributed by atoms with Crippen LogP contribution in [-0.4, -0.2) is 0 Å². The minimum atomic E-state index is -0.625. The normalized spacial score (nSPS) is 12.1. The second-order valence-corrected chi connectivity index (χ2v) is 3.88. The molecule has 0 atom stereocenters. The first-order valence-electron chi connectivity index (χ1n) is 3.36. The van der Waals surface area contributed by atoms with E-state index in [1.807, 2.05) is 20.8 Å². The second kappa shape index (κ2) is 2.52. The lowest BCUT2D eigenvalue weighted by Gasteiger charge is -2.14. The molecule has 0 aromatic carbocycles. The molecule has 0 aliphatic carbocycles. The first-order chi connectivity index (χ1) is 4.91. The summed E-state index contributed by atoms with van der Waals surface area (Å²) in [5.41, 5.74) is -0.235. The van der Waals surface area contributed by atoms with Gasteiger partial charge in [-0.05, 0) is 0 Å². The predicted molar refractivity (Wildman–Crippen MR) is 42.4 cm³/mol. The molecule has 0 unspecified atom stereocenters. The Bertz CT molecular complexity index is 260. The highest BCUT2D eigenvalue weighted by Crippen LogP contribution is 2.31. The quantitative estimate of drug-likeness (QED) is 0.591. The standard InChI is InChI=1S/C8H10ClFO/c1-8(2,3)7-5(9)4-6(10)11-7/h4H,1-3H3. The van der Waals surface area contributed by atoms with Crippen molar-refractivity contribution in [2.45, 2.75) is 26.2 Å². The van der Waals surface area contributed by atoms with E-state index in [0.717, 1.165) is 0 Å². The summed E-state index contributed by atoms with van der Waals surface area (Å²) >= 11 is 5.70. The summed E-state index contributed by atoms with van der Waals surface area (Å²) in [6.45, 7) is 5.74. The van der Waals surface area contributed by atoms with Crippen LogP contribution >= 0.6 is 11.6 Å². The molecule has 1 nitrogen and oxygen atoms in total. The van der Waals surface area contributed by atoms with Gasteiger partial charge in [0.2, 0.25) is 0 Å². The highest BCUT2D eigenvalue weighted by molar-refractivity contribution is 6.31. The van der Waals surface area contributed by atoms with Crippen LogP contribution in [0.15, 0.2) is 10.5 Å². The van der Waals surface area contributed by atoms with Crippen molar-refractivity contribution in [3.05, 3.63) is 22.9 Å². The van der Waals surface area contributed by atoms with Crippen LogP contribution in [0.4, 0.5) is 4.39 Å². The van der Waals surface area contributed by atoms with Crippen LogP contribution in [0.2, 0.25) is 5.02 Å². The summed E-state index contributed by atoms with van der Waals surface area (Å²) in [6.07, 6.45) is 0. The summed E-state index contributed by atoms with van der Waals surface area (Å²) in [7, 11) is 0. The van der Waals surface area contributed by atoms with Gasteiger partial charge in [0.1, 0.15) is 5.76 Å². The van der Waals surface area contributed by atoms with Crippen molar-refractivity contribution in [3.63, 3.8) is 0 Å². The topological polar surface area (TPSA) is 13.1 Å². The molecule has 0 N–H and O–H groups in total. The van der Waals surface area contributed by atoms with Crippen LogP contribution in [-0.2, 0) is 5.41 Å². The molecule has 1 aromatic rings. The number of hydrogen-bond donors (Lipinski definition) is 0. The minimum absolute atomic E-state index is 0.235. The van der Waals surface area contributed by atoms with Crippen LogP contribution in [0.3, 0.4) is 0 Å². The van der Waals surface area contributed by atoms with Crippen LogP contribution in [0.5, 0.6) is 0 Å². The van der Waals surface area contributed by atoms with E-state index in [1.165, 1.54) is 6.07 Å². The Morgan fingerprint density at radius 1 is 1.45 bits per heavy atom.